The molecule has 0 aliphatic carbocycles. The van der Waals surface area contributed by atoms with Crippen molar-refractivity contribution >= 4 is 5.91 Å². The van der Waals surface area contributed by atoms with Crippen LogP contribution in [0.4, 0.5) is 0 Å². The molecule has 84 valence electrons. The number of carbonyl (C=O) groups is 1. The molecule has 0 aromatic heterocycles. The van der Waals surface area contributed by atoms with Crippen molar-refractivity contribution < 1.29 is 14.3 Å². The van der Waals surface area contributed by atoms with Gasteiger partial charge in [0.2, 0.25) is 5.91 Å². The Morgan fingerprint density at radius 1 is 1.43 bits per heavy atom. The largest absolute Gasteiger partial charge is 0.354 e. The van der Waals surface area contributed by atoms with E-state index in [9.17, 15) is 4.79 Å². The van der Waals surface area contributed by atoms with Gasteiger partial charge in [-0.2, -0.15) is 0 Å². The van der Waals surface area contributed by atoms with Gasteiger partial charge in [0.15, 0.2) is 6.29 Å². The third-order valence-electron chi connectivity index (χ3n) is 1.72. The van der Waals surface area contributed by atoms with Crippen molar-refractivity contribution in [3.63, 3.8) is 0 Å². The van der Waals surface area contributed by atoms with E-state index in [2.05, 4.69) is 10.7 Å². The maximum Gasteiger partial charge on any atom is 0.220 e. The average molecular weight is 205 g/mol. The number of amides is 1. The van der Waals surface area contributed by atoms with E-state index in [4.69, 9.17) is 15.3 Å². The van der Waals surface area contributed by atoms with Crippen LogP contribution in [0.3, 0.4) is 0 Å². The van der Waals surface area contributed by atoms with Gasteiger partial charge in [-0.25, -0.2) is 0 Å². The molecule has 6 nitrogen and oxygen atoms in total. The van der Waals surface area contributed by atoms with Crippen molar-refractivity contribution in [3.05, 3.63) is 0 Å². The Morgan fingerprint density at radius 3 is 2.57 bits per heavy atom. The zero-order chi connectivity index (χ0) is 10.8. The predicted molar refractivity (Wildman–Crippen MR) is 52.2 cm³/mol. The number of nitrogens with one attached hydrogen (secondary N) is 2. The van der Waals surface area contributed by atoms with E-state index in [1.165, 1.54) is 14.2 Å². The molecule has 0 aromatic carbocycles. The second kappa shape index (κ2) is 8.89. The summed E-state index contributed by atoms with van der Waals surface area (Å²) in [6.45, 7) is 0.993. The number of carbonyl (C=O) groups excluding carboxylic acids is 1. The summed E-state index contributed by atoms with van der Waals surface area (Å²) in [6, 6.07) is 0. The molecule has 0 aliphatic rings. The summed E-state index contributed by atoms with van der Waals surface area (Å²) in [5.74, 6) is 5.03. The zero-order valence-electron chi connectivity index (χ0n) is 8.71. The van der Waals surface area contributed by atoms with Crippen LogP contribution in [0.2, 0.25) is 0 Å². The number of methoxy groups -OCH3 is 2. The lowest BCUT2D eigenvalue weighted by atomic mass is 10.3. The molecule has 0 unspecified atom stereocenters. The van der Waals surface area contributed by atoms with E-state index >= 15 is 0 Å². The van der Waals surface area contributed by atoms with Crippen LogP contribution in [0.1, 0.15) is 12.8 Å². The smallest absolute Gasteiger partial charge is 0.220 e. The Balaban J connectivity index is 3.42. The highest BCUT2D eigenvalue weighted by Gasteiger charge is 2.06. The number of nitrogens with two attached hydrogens (primary N) is 1. The number of hydrazine groups is 1. The highest BCUT2D eigenvalue weighted by molar-refractivity contribution is 5.75. The van der Waals surface area contributed by atoms with Gasteiger partial charge in [0.25, 0.3) is 0 Å². The lowest BCUT2D eigenvalue weighted by Gasteiger charge is -2.13. The normalized spacial score (nSPS) is 10.6. The fraction of sp³-hybridized carbons (Fsp3) is 0.875. The summed E-state index contributed by atoms with van der Waals surface area (Å²) < 4.78 is 9.81. The first-order chi connectivity index (χ1) is 6.74. The summed E-state index contributed by atoms with van der Waals surface area (Å²) in [5.41, 5.74) is 2.48. The van der Waals surface area contributed by atoms with E-state index < -0.39 is 0 Å². The molecular formula is C8H19N3O3. The predicted octanol–water partition coefficient (Wildman–Crippen LogP) is -1.03. The fourth-order valence-electron chi connectivity index (χ4n) is 0.899. The van der Waals surface area contributed by atoms with Crippen molar-refractivity contribution in [2.45, 2.75) is 19.1 Å². The maximum absolute atomic E-state index is 11.2. The zero-order valence-corrected chi connectivity index (χ0v) is 8.71. The van der Waals surface area contributed by atoms with Crippen molar-refractivity contribution in [2.75, 3.05) is 27.3 Å². The summed E-state index contributed by atoms with van der Waals surface area (Å²) in [4.78, 5) is 11.2. The molecule has 0 aliphatic heterocycles. The minimum atomic E-state index is -0.383. The number of hydrogen-bond acceptors (Lipinski definition) is 5. The molecule has 4 N–H and O–H groups in total. The Kier molecular flexibility index (Phi) is 8.45. The van der Waals surface area contributed by atoms with Gasteiger partial charge in [0, 0.05) is 27.2 Å². The number of hydrogen-bond donors (Lipinski definition) is 3. The Hall–Kier alpha value is -0.690. The van der Waals surface area contributed by atoms with E-state index in [0.717, 1.165) is 0 Å². The molecule has 0 fully saturated rings. The van der Waals surface area contributed by atoms with Crippen LogP contribution in [-0.2, 0) is 14.3 Å². The Labute approximate surface area is 84.1 Å². The van der Waals surface area contributed by atoms with Crippen LogP contribution in [0.5, 0.6) is 0 Å². The van der Waals surface area contributed by atoms with E-state index in [1.807, 2.05) is 0 Å². The molecule has 0 atom stereocenters. The van der Waals surface area contributed by atoms with Gasteiger partial charge in [0.05, 0.1) is 6.54 Å². The third kappa shape index (κ3) is 6.79. The Bertz CT molecular complexity index is 151. The van der Waals surface area contributed by atoms with E-state index in [-0.39, 0.29) is 12.2 Å². The molecule has 0 spiro atoms. The van der Waals surface area contributed by atoms with Crippen LogP contribution in [-0.4, -0.2) is 39.5 Å². The summed E-state index contributed by atoms with van der Waals surface area (Å²) in [7, 11) is 3.05. The first-order valence-electron chi connectivity index (χ1n) is 4.50. The SMILES string of the molecule is COC(CNC(=O)CCCNN)OC. The minimum Gasteiger partial charge on any atom is -0.354 e. The third-order valence-corrected chi connectivity index (χ3v) is 1.72. The maximum atomic E-state index is 11.2. The fourth-order valence-corrected chi connectivity index (χ4v) is 0.899. The second-order valence-corrected chi connectivity index (χ2v) is 2.76. The van der Waals surface area contributed by atoms with Gasteiger partial charge in [-0.1, -0.05) is 0 Å². The van der Waals surface area contributed by atoms with Crippen molar-refractivity contribution in [3.8, 4) is 0 Å². The molecule has 0 rings (SSSR count). The molecule has 1 amide bonds. The molecule has 0 aromatic rings. The molecule has 0 saturated heterocycles. The molecular weight excluding hydrogens is 186 g/mol. The summed E-state index contributed by atoms with van der Waals surface area (Å²) in [5, 5.41) is 2.69. The topological polar surface area (TPSA) is 85.6 Å². The standard InChI is InChI=1S/C8H19N3O3/c1-13-8(14-2)6-10-7(12)4-3-5-11-9/h8,11H,3-6,9H2,1-2H3,(H,10,12). The number of rotatable bonds is 8. The molecule has 14 heavy (non-hydrogen) atoms. The van der Waals surface area contributed by atoms with Crippen LogP contribution in [0.15, 0.2) is 0 Å². The Morgan fingerprint density at radius 2 is 2.07 bits per heavy atom. The van der Waals surface area contributed by atoms with Gasteiger partial charge in [0.1, 0.15) is 0 Å². The first-order valence-corrected chi connectivity index (χ1v) is 4.50. The second-order valence-electron chi connectivity index (χ2n) is 2.76. The lowest BCUT2D eigenvalue weighted by Crippen LogP contribution is -2.34. The first kappa shape index (κ1) is 13.3. The van der Waals surface area contributed by atoms with Gasteiger partial charge in [-0.05, 0) is 6.42 Å². The van der Waals surface area contributed by atoms with Gasteiger partial charge in [-0.3, -0.25) is 16.1 Å². The van der Waals surface area contributed by atoms with E-state index in [1.54, 1.807) is 0 Å². The molecule has 6 heteroatoms. The molecule has 0 heterocycles. The van der Waals surface area contributed by atoms with Crippen LogP contribution < -0.4 is 16.6 Å². The molecule has 0 radical (unpaired) electrons. The summed E-state index contributed by atoms with van der Waals surface area (Å²) >= 11 is 0. The van der Waals surface area contributed by atoms with Crippen LogP contribution >= 0.6 is 0 Å². The van der Waals surface area contributed by atoms with Crippen molar-refractivity contribution in [1.82, 2.24) is 10.7 Å². The molecule has 0 bridgehead atoms. The average Bonchev–Trinajstić information content (AvgIpc) is 2.20. The monoisotopic (exact) mass is 205 g/mol. The van der Waals surface area contributed by atoms with Crippen LogP contribution in [0.25, 0.3) is 0 Å². The van der Waals surface area contributed by atoms with Gasteiger partial charge >= 0.3 is 0 Å². The minimum absolute atomic E-state index is 0.0284. The van der Waals surface area contributed by atoms with Crippen molar-refractivity contribution in [1.29, 1.82) is 0 Å². The van der Waals surface area contributed by atoms with E-state index in [0.29, 0.717) is 25.9 Å². The van der Waals surface area contributed by atoms with Crippen molar-refractivity contribution in [2.24, 2.45) is 5.84 Å². The highest BCUT2D eigenvalue weighted by atomic mass is 16.7. The summed E-state index contributed by atoms with van der Waals surface area (Å²) in [6.07, 6.45) is 0.781. The molecule has 0 saturated carbocycles. The van der Waals surface area contributed by atoms with Crippen LogP contribution in [0, 0.1) is 0 Å². The lowest BCUT2D eigenvalue weighted by molar-refractivity contribution is -0.127. The van der Waals surface area contributed by atoms with Gasteiger partial charge < -0.3 is 14.8 Å². The number of ether oxygens (including phenoxy) is 2. The highest BCUT2D eigenvalue weighted by Crippen LogP contribution is 1.90. The van der Waals surface area contributed by atoms with Gasteiger partial charge in [-0.15, -0.1) is 0 Å². The quantitative estimate of drug-likeness (QED) is 0.204.